The van der Waals surface area contributed by atoms with Gasteiger partial charge in [-0.05, 0) is 60.2 Å². The van der Waals surface area contributed by atoms with E-state index in [9.17, 15) is 22.8 Å². The second-order valence-electron chi connectivity index (χ2n) is 7.68. The van der Waals surface area contributed by atoms with Gasteiger partial charge in [-0.1, -0.05) is 23.7 Å². The SMILES string of the molecule is COC(=O)c1cc(NC(=O)c2ccc(N(Cc3ccc(Cl)cc3)S(C)(=O)=O)cc2)cc(C(=O)OC)c1. The quantitative estimate of drug-likeness (QED) is 0.435. The number of sulfonamides is 1. The molecule has 9 nitrogen and oxygen atoms in total. The van der Waals surface area contributed by atoms with E-state index in [0.717, 1.165) is 11.8 Å². The third kappa shape index (κ3) is 6.61. The predicted octanol–water partition coefficient (Wildman–Crippen LogP) is 4.13. The minimum absolute atomic E-state index is 0.0528. The first-order chi connectivity index (χ1) is 17.0. The van der Waals surface area contributed by atoms with Crippen LogP contribution in [0.25, 0.3) is 0 Å². The van der Waals surface area contributed by atoms with Gasteiger partial charge >= 0.3 is 11.9 Å². The third-order valence-electron chi connectivity index (χ3n) is 5.09. The van der Waals surface area contributed by atoms with Crippen molar-refractivity contribution >= 4 is 50.8 Å². The molecule has 0 spiro atoms. The molecule has 3 aromatic rings. The number of halogens is 1. The summed E-state index contributed by atoms with van der Waals surface area (Å²) in [6.45, 7) is 0.0815. The number of hydrogen-bond acceptors (Lipinski definition) is 7. The summed E-state index contributed by atoms with van der Waals surface area (Å²) >= 11 is 5.91. The van der Waals surface area contributed by atoms with Crippen LogP contribution < -0.4 is 9.62 Å². The van der Waals surface area contributed by atoms with Gasteiger partial charge in [0, 0.05) is 16.3 Å². The number of carbonyl (C=O) groups excluding carboxylic acids is 3. The second-order valence-corrected chi connectivity index (χ2v) is 10.0. The molecule has 0 saturated heterocycles. The molecule has 1 amide bonds. The van der Waals surface area contributed by atoms with Crippen molar-refractivity contribution in [2.45, 2.75) is 6.54 Å². The normalized spacial score (nSPS) is 10.9. The first-order valence-corrected chi connectivity index (χ1v) is 12.7. The molecule has 0 unspecified atom stereocenters. The van der Waals surface area contributed by atoms with Crippen LogP contribution in [0.2, 0.25) is 5.02 Å². The molecular weight excluding hydrogens is 508 g/mol. The average molecular weight is 531 g/mol. The largest absolute Gasteiger partial charge is 0.465 e. The summed E-state index contributed by atoms with van der Waals surface area (Å²) in [4.78, 5) is 36.8. The number of anilines is 2. The van der Waals surface area contributed by atoms with E-state index in [4.69, 9.17) is 21.1 Å². The molecule has 0 fully saturated rings. The van der Waals surface area contributed by atoms with Crippen molar-refractivity contribution in [2.75, 3.05) is 30.1 Å². The van der Waals surface area contributed by atoms with Gasteiger partial charge in [0.2, 0.25) is 10.0 Å². The molecule has 188 valence electrons. The zero-order valence-corrected chi connectivity index (χ0v) is 21.2. The summed E-state index contributed by atoms with van der Waals surface area (Å²) in [5.74, 6) is -1.92. The van der Waals surface area contributed by atoms with E-state index in [-0.39, 0.29) is 28.9 Å². The van der Waals surface area contributed by atoms with Gasteiger partial charge in [-0.2, -0.15) is 0 Å². The topological polar surface area (TPSA) is 119 Å². The molecule has 0 aliphatic carbocycles. The summed E-state index contributed by atoms with van der Waals surface area (Å²) in [5, 5.41) is 3.16. The molecular formula is C25H23ClN2O7S. The number of nitrogens with one attached hydrogen (secondary N) is 1. The number of amides is 1. The van der Waals surface area contributed by atoms with Gasteiger partial charge in [0.05, 0.1) is 43.8 Å². The average Bonchev–Trinajstić information content (AvgIpc) is 2.86. The fraction of sp³-hybridized carbons (Fsp3) is 0.160. The standard InChI is InChI=1S/C25H23ClN2O7S/c1-34-24(30)18-12-19(25(31)35-2)14-21(13-18)27-23(29)17-6-10-22(11-7-17)28(36(3,32)33)15-16-4-8-20(26)9-5-16/h4-14H,15H2,1-3H3,(H,27,29). The van der Waals surface area contributed by atoms with Crippen LogP contribution >= 0.6 is 11.6 Å². The Bertz CT molecular complexity index is 1350. The van der Waals surface area contributed by atoms with Crippen LogP contribution in [0.3, 0.4) is 0 Å². The van der Waals surface area contributed by atoms with Crippen molar-refractivity contribution in [1.29, 1.82) is 0 Å². The maximum Gasteiger partial charge on any atom is 0.337 e. The lowest BCUT2D eigenvalue weighted by Gasteiger charge is -2.23. The molecule has 36 heavy (non-hydrogen) atoms. The Morgan fingerprint density at radius 3 is 1.83 bits per heavy atom. The van der Waals surface area contributed by atoms with Crippen LogP contribution in [0, 0.1) is 0 Å². The highest BCUT2D eigenvalue weighted by atomic mass is 35.5. The number of methoxy groups -OCH3 is 2. The summed E-state index contributed by atoms with van der Waals surface area (Å²) in [6, 6.07) is 16.8. The lowest BCUT2D eigenvalue weighted by molar-refractivity contribution is 0.0598. The van der Waals surface area contributed by atoms with E-state index in [1.54, 1.807) is 24.3 Å². The summed E-state index contributed by atoms with van der Waals surface area (Å²) in [6.07, 6.45) is 1.09. The number of benzene rings is 3. The van der Waals surface area contributed by atoms with Crippen molar-refractivity contribution in [3.05, 3.63) is 94.0 Å². The number of nitrogens with zero attached hydrogens (tertiary/aromatic N) is 1. The first-order valence-electron chi connectivity index (χ1n) is 10.5. The minimum Gasteiger partial charge on any atom is -0.465 e. The Morgan fingerprint density at radius 1 is 0.833 bits per heavy atom. The molecule has 1 N–H and O–H groups in total. The fourth-order valence-corrected chi connectivity index (χ4v) is 4.32. The third-order valence-corrected chi connectivity index (χ3v) is 6.48. The number of carbonyl (C=O) groups is 3. The number of esters is 2. The molecule has 0 atom stereocenters. The van der Waals surface area contributed by atoms with Crippen molar-refractivity contribution in [1.82, 2.24) is 0 Å². The monoisotopic (exact) mass is 530 g/mol. The van der Waals surface area contributed by atoms with Gasteiger partial charge in [0.25, 0.3) is 5.91 Å². The van der Waals surface area contributed by atoms with Crippen LogP contribution in [-0.4, -0.2) is 46.7 Å². The Kier molecular flexibility index (Phi) is 8.33. The predicted molar refractivity (Wildman–Crippen MR) is 136 cm³/mol. The lowest BCUT2D eigenvalue weighted by Crippen LogP contribution is -2.29. The Morgan fingerprint density at radius 2 is 1.36 bits per heavy atom. The highest BCUT2D eigenvalue weighted by molar-refractivity contribution is 7.92. The van der Waals surface area contributed by atoms with Crippen molar-refractivity contribution in [3.8, 4) is 0 Å². The number of hydrogen-bond donors (Lipinski definition) is 1. The van der Waals surface area contributed by atoms with Gasteiger partial charge in [0.1, 0.15) is 0 Å². The van der Waals surface area contributed by atoms with Gasteiger partial charge in [-0.3, -0.25) is 9.10 Å². The highest BCUT2D eigenvalue weighted by Crippen LogP contribution is 2.23. The molecule has 0 aromatic heterocycles. The molecule has 0 saturated carbocycles. The van der Waals surface area contributed by atoms with Crippen LogP contribution in [0.5, 0.6) is 0 Å². The Hall–Kier alpha value is -3.89. The van der Waals surface area contributed by atoms with Gasteiger partial charge < -0.3 is 14.8 Å². The molecule has 0 heterocycles. The van der Waals surface area contributed by atoms with Crippen LogP contribution in [0.4, 0.5) is 11.4 Å². The maximum absolute atomic E-state index is 12.8. The zero-order valence-electron chi connectivity index (χ0n) is 19.6. The Labute approximate surface area is 213 Å². The fourth-order valence-electron chi connectivity index (χ4n) is 3.31. The molecule has 0 aliphatic heterocycles. The first kappa shape index (κ1) is 26.7. The van der Waals surface area contributed by atoms with Crippen LogP contribution in [-0.2, 0) is 26.0 Å². The van der Waals surface area contributed by atoms with Crippen LogP contribution in [0.15, 0.2) is 66.7 Å². The maximum atomic E-state index is 12.8. The summed E-state index contributed by atoms with van der Waals surface area (Å²) < 4.78 is 35.5. The number of rotatable bonds is 8. The van der Waals surface area contributed by atoms with Crippen molar-refractivity contribution in [2.24, 2.45) is 0 Å². The second kappa shape index (κ2) is 11.2. The van der Waals surface area contributed by atoms with E-state index in [2.05, 4.69) is 5.32 Å². The van der Waals surface area contributed by atoms with Crippen molar-refractivity contribution in [3.63, 3.8) is 0 Å². The van der Waals surface area contributed by atoms with E-state index in [0.29, 0.717) is 10.7 Å². The molecule has 0 aliphatic rings. The summed E-state index contributed by atoms with van der Waals surface area (Å²) in [5.41, 5.74) is 1.60. The molecule has 11 heteroatoms. The Balaban J connectivity index is 1.84. The smallest absolute Gasteiger partial charge is 0.337 e. The van der Waals surface area contributed by atoms with Crippen molar-refractivity contribution < 1.29 is 32.3 Å². The van der Waals surface area contributed by atoms with E-state index < -0.39 is 27.9 Å². The molecule has 3 aromatic carbocycles. The molecule has 3 rings (SSSR count). The summed E-state index contributed by atoms with van der Waals surface area (Å²) in [7, 11) is -1.24. The van der Waals surface area contributed by atoms with Crippen LogP contribution in [0.1, 0.15) is 36.6 Å². The van der Waals surface area contributed by atoms with Gasteiger partial charge in [0.15, 0.2) is 0 Å². The van der Waals surface area contributed by atoms with Gasteiger partial charge in [-0.25, -0.2) is 18.0 Å². The number of ether oxygens (including phenoxy) is 2. The lowest BCUT2D eigenvalue weighted by atomic mass is 10.1. The van der Waals surface area contributed by atoms with Gasteiger partial charge in [-0.15, -0.1) is 0 Å². The van der Waals surface area contributed by atoms with E-state index in [1.165, 1.54) is 61.0 Å². The zero-order chi connectivity index (χ0) is 26.5. The van der Waals surface area contributed by atoms with E-state index in [1.807, 2.05) is 0 Å². The highest BCUT2D eigenvalue weighted by Gasteiger charge is 2.19. The minimum atomic E-state index is -3.63. The molecule has 0 bridgehead atoms. The molecule has 0 radical (unpaired) electrons. The van der Waals surface area contributed by atoms with E-state index >= 15 is 0 Å².